The van der Waals surface area contributed by atoms with Gasteiger partial charge in [-0.3, -0.25) is 0 Å². The van der Waals surface area contributed by atoms with E-state index in [0.29, 0.717) is 10.7 Å². The standard InChI is InChI=1S/C13H29B/c1-9-14(12(4,5)6)10-13(7,8)11(2)3/h11H,9-10H2,1-8H3. The summed E-state index contributed by atoms with van der Waals surface area (Å²) in [5.41, 5.74) is 0.480. The molecule has 0 spiro atoms. The van der Waals surface area contributed by atoms with Gasteiger partial charge in [0.15, 0.2) is 0 Å². The Balaban J connectivity index is 4.47. The van der Waals surface area contributed by atoms with E-state index in [1.54, 1.807) is 0 Å². The van der Waals surface area contributed by atoms with Crippen LogP contribution in [0.1, 0.15) is 55.4 Å². The monoisotopic (exact) mass is 196 g/mol. The molecule has 0 atom stereocenters. The predicted molar refractivity (Wildman–Crippen MR) is 69.4 cm³/mol. The summed E-state index contributed by atoms with van der Waals surface area (Å²) < 4.78 is 0. The molecular formula is C13H29B. The smallest absolute Gasteiger partial charge is 0.0766 e. The Hall–Kier alpha value is 0.0649. The summed E-state index contributed by atoms with van der Waals surface area (Å²) in [4.78, 5) is 0. The lowest BCUT2D eigenvalue weighted by Crippen LogP contribution is -2.33. The first-order valence-corrected chi connectivity index (χ1v) is 6.11. The van der Waals surface area contributed by atoms with E-state index < -0.39 is 0 Å². The zero-order valence-electron chi connectivity index (χ0n) is 11.6. The quantitative estimate of drug-likeness (QED) is 0.556. The van der Waals surface area contributed by atoms with E-state index in [0.717, 1.165) is 12.6 Å². The maximum Gasteiger partial charge on any atom is 0.145 e. The fraction of sp³-hybridized carbons (Fsp3) is 1.00. The first-order chi connectivity index (χ1) is 6.11. The van der Waals surface area contributed by atoms with Crippen molar-refractivity contribution in [2.45, 2.75) is 73.3 Å². The molecule has 0 aromatic carbocycles. The first-order valence-electron chi connectivity index (χ1n) is 6.11. The van der Waals surface area contributed by atoms with Gasteiger partial charge in [-0.25, -0.2) is 0 Å². The van der Waals surface area contributed by atoms with Crippen molar-refractivity contribution >= 4 is 6.71 Å². The minimum absolute atomic E-state index is 0.459. The molecule has 0 aliphatic rings. The van der Waals surface area contributed by atoms with Gasteiger partial charge >= 0.3 is 0 Å². The molecule has 0 N–H and O–H groups in total. The summed E-state index contributed by atoms with van der Waals surface area (Å²) in [6.45, 7) is 19.8. The van der Waals surface area contributed by atoms with Gasteiger partial charge in [0.25, 0.3) is 0 Å². The molecule has 84 valence electrons. The molecule has 0 saturated heterocycles. The van der Waals surface area contributed by atoms with Gasteiger partial charge in [0.05, 0.1) is 0 Å². The second kappa shape index (κ2) is 4.72. The Bertz CT molecular complexity index is 163. The van der Waals surface area contributed by atoms with Crippen molar-refractivity contribution in [3.8, 4) is 0 Å². The Morgan fingerprint density at radius 3 is 1.64 bits per heavy atom. The van der Waals surface area contributed by atoms with Crippen LogP contribution in [0, 0.1) is 11.3 Å². The maximum absolute atomic E-state index is 2.41. The van der Waals surface area contributed by atoms with Gasteiger partial charge in [-0.05, 0) is 11.3 Å². The molecule has 0 aliphatic carbocycles. The van der Waals surface area contributed by atoms with Crippen LogP contribution < -0.4 is 0 Å². The largest absolute Gasteiger partial charge is 0.145 e. The molecule has 0 bridgehead atoms. The van der Waals surface area contributed by atoms with E-state index in [4.69, 9.17) is 0 Å². The molecular weight excluding hydrogens is 167 g/mol. The van der Waals surface area contributed by atoms with E-state index in [1.165, 1.54) is 12.6 Å². The normalized spacial score (nSPS) is 13.5. The summed E-state index contributed by atoms with van der Waals surface area (Å²) in [5, 5.41) is 0.459. The molecule has 0 heterocycles. The molecule has 0 rings (SSSR count). The second-order valence-electron chi connectivity index (χ2n) is 6.82. The van der Waals surface area contributed by atoms with Crippen molar-refractivity contribution in [3.63, 3.8) is 0 Å². The van der Waals surface area contributed by atoms with Crippen molar-refractivity contribution in [1.82, 2.24) is 0 Å². The molecule has 0 aliphatic heterocycles. The Labute approximate surface area is 91.9 Å². The summed E-state index contributed by atoms with van der Waals surface area (Å²) in [5.74, 6) is 0.777. The number of rotatable bonds is 4. The highest BCUT2D eigenvalue weighted by molar-refractivity contribution is 6.62. The predicted octanol–water partition coefficient (Wildman–Crippen LogP) is 4.98. The lowest BCUT2D eigenvalue weighted by Gasteiger charge is -2.37. The zero-order chi connectivity index (χ0) is 11.6. The SMILES string of the molecule is CCB(CC(C)(C)C(C)C)C(C)(C)C. The summed E-state index contributed by atoms with van der Waals surface area (Å²) in [6, 6.07) is 0. The molecule has 14 heavy (non-hydrogen) atoms. The Kier molecular flexibility index (Phi) is 4.75. The topological polar surface area (TPSA) is 0 Å². The van der Waals surface area contributed by atoms with Crippen LogP contribution in [-0.4, -0.2) is 6.71 Å². The van der Waals surface area contributed by atoms with Crippen molar-refractivity contribution in [2.75, 3.05) is 0 Å². The fourth-order valence-corrected chi connectivity index (χ4v) is 1.93. The Morgan fingerprint density at radius 1 is 1.00 bits per heavy atom. The van der Waals surface area contributed by atoms with Gasteiger partial charge in [0.1, 0.15) is 6.71 Å². The van der Waals surface area contributed by atoms with Crippen molar-refractivity contribution in [1.29, 1.82) is 0 Å². The van der Waals surface area contributed by atoms with Crippen LogP contribution in [-0.2, 0) is 0 Å². The number of hydrogen-bond donors (Lipinski definition) is 0. The third kappa shape index (κ3) is 4.06. The van der Waals surface area contributed by atoms with E-state index >= 15 is 0 Å². The van der Waals surface area contributed by atoms with Crippen LogP contribution in [0.2, 0.25) is 18.0 Å². The van der Waals surface area contributed by atoms with E-state index in [9.17, 15) is 0 Å². The van der Waals surface area contributed by atoms with Crippen LogP contribution in [0.25, 0.3) is 0 Å². The molecule has 1 heteroatoms. The number of hydrogen-bond acceptors (Lipinski definition) is 0. The zero-order valence-corrected chi connectivity index (χ0v) is 11.6. The second-order valence-corrected chi connectivity index (χ2v) is 6.82. The molecule has 0 nitrogen and oxygen atoms in total. The van der Waals surface area contributed by atoms with E-state index in [-0.39, 0.29) is 0 Å². The van der Waals surface area contributed by atoms with Crippen molar-refractivity contribution in [2.24, 2.45) is 11.3 Å². The highest BCUT2D eigenvalue weighted by atomic mass is 14.3. The average molecular weight is 196 g/mol. The summed E-state index contributed by atoms with van der Waals surface area (Å²) in [6.07, 6.45) is 2.66. The maximum atomic E-state index is 2.41. The van der Waals surface area contributed by atoms with Gasteiger partial charge in [0, 0.05) is 0 Å². The van der Waals surface area contributed by atoms with E-state index in [1.807, 2.05) is 0 Å². The highest BCUT2D eigenvalue weighted by Crippen LogP contribution is 2.40. The summed E-state index contributed by atoms with van der Waals surface area (Å²) >= 11 is 0. The first kappa shape index (κ1) is 14.1. The molecule has 0 saturated carbocycles. The fourth-order valence-electron chi connectivity index (χ4n) is 1.93. The van der Waals surface area contributed by atoms with Crippen molar-refractivity contribution < 1.29 is 0 Å². The summed E-state index contributed by atoms with van der Waals surface area (Å²) in [7, 11) is 0. The highest BCUT2D eigenvalue weighted by Gasteiger charge is 2.34. The molecule has 0 radical (unpaired) electrons. The van der Waals surface area contributed by atoms with Crippen LogP contribution in [0.4, 0.5) is 0 Å². The van der Waals surface area contributed by atoms with Crippen LogP contribution >= 0.6 is 0 Å². The van der Waals surface area contributed by atoms with Gasteiger partial charge in [0.2, 0.25) is 0 Å². The van der Waals surface area contributed by atoms with Crippen molar-refractivity contribution in [3.05, 3.63) is 0 Å². The molecule has 0 amide bonds. The van der Waals surface area contributed by atoms with Gasteiger partial charge in [-0.15, -0.1) is 0 Å². The Morgan fingerprint density at radius 2 is 1.43 bits per heavy atom. The third-order valence-corrected chi connectivity index (χ3v) is 4.05. The van der Waals surface area contributed by atoms with Crippen LogP contribution in [0.5, 0.6) is 0 Å². The van der Waals surface area contributed by atoms with Gasteiger partial charge in [-0.1, -0.05) is 73.3 Å². The van der Waals surface area contributed by atoms with Crippen LogP contribution in [0.3, 0.4) is 0 Å². The lowest BCUT2D eigenvalue weighted by molar-refractivity contribution is 0.279. The van der Waals surface area contributed by atoms with E-state index in [2.05, 4.69) is 55.4 Å². The van der Waals surface area contributed by atoms with Crippen LogP contribution in [0.15, 0.2) is 0 Å². The average Bonchev–Trinajstić information content (AvgIpc) is 1.97. The molecule has 0 fully saturated rings. The lowest BCUT2D eigenvalue weighted by atomic mass is 9.29. The third-order valence-electron chi connectivity index (χ3n) is 4.05. The molecule has 0 aromatic rings. The minimum Gasteiger partial charge on any atom is -0.0766 e. The van der Waals surface area contributed by atoms with Gasteiger partial charge in [-0.2, -0.15) is 0 Å². The molecule has 0 aromatic heterocycles. The molecule has 0 unspecified atom stereocenters. The van der Waals surface area contributed by atoms with Gasteiger partial charge < -0.3 is 0 Å². The minimum atomic E-state index is 0.459.